The smallest absolute Gasteiger partial charge is 0.325 e. The largest absolute Gasteiger partial charge is 0.480 e. The first kappa shape index (κ1) is 16.8. The lowest BCUT2D eigenvalue weighted by molar-refractivity contribution is -0.141. The maximum Gasteiger partial charge on any atom is 0.325 e. The molecule has 8 heteroatoms. The van der Waals surface area contributed by atoms with Crippen LogP contribution in [-0.2, 0) is 16.1 Å². The van der Waals surface area contributed by atoms with E-state index in [1.54, 1.807) is 24.3 Å². The fourth-order valence-corrected chi connectivity index (χ4v) is 1.49. The minimum absolute atomic E-state index is 0.288. The molecule has 0 aliphatic heterocycles. The van der Waals surface area contributed by atoms with Gasteiger partial charge in [0.15, 0.2) is 0 Å². The van der Waals surface area contributed by atoms with Crippen LogP contribution >= 0.6 is 11.6 Å². The number of nitrogens with one attached hydrogen (secondary N) is 3. The highest BCUT2D eigenvalue weighted by atomic mass is 35.5. The summed E-state index contributed by atoms with van der Waals surface area (Å²) in [7, 11) is 0. The number of carboxylic acids is 1. The van der Waals surface area contributed by atoms with Gasteiger partial charge >= 0.3 is 12.0 Å². The summed E-state index contributed by atoms with van der Waals surface area (Å²) in [5.74, 6) is -1.72. The maximum absolute atomic E-state index is 11.5. The van der Waals surface area contributed by atoms with Crippen molar-refractivity contribution in [2.45, 2.75) is 19.5 Å². The Kier molecular flexibility index (Phi) is 6.48. The Hall–Kier alpha value is -2.28. The average molecular weight is 314 g/mol. The molecule has 0 fully saturated rings. The SMILES string of the molecule is C[C@H](NC(=O)CNC(=O)NCc1ccc(Cl)cc1)C(=O)O. The number of urea groups is 1. The van der Waals surface area contributed by atoms with E-state index in [1.807, 2.05) is 0 Å². The molecule has 0 bridgehead atoms. The number of carbonyl (C=O) groups excluding carboxylic acids is 2. The van der Waals surface area contributed by atoms with Crippen molar-refractivity contribution in [3.8, 4) is 0 Å². The molecule has 21 heavy (non-hydrogen) atoms. The van der Waals surface area contributed by atoms with Crippen molar-refractivity contribution in [2.24, 2.45) is 0 Å². The molecule has 0 aliphatic rings. The van der Waals surface area contributed by atoms with Crippen molar-refractivity contribution >= 4 is 29.5 Å². The lowest BCUT2D eigenvalue weighted by Crippen LogP contribution is -2.46. The van der Waals surface area contributed by atoms with Gasteiger partial charge in [0.1, 0.15) is 6.04 Å². The molecule has 0 aromatic heterocycles. The average Bonchev–Trinajstić information content (AvgIpc) is 2.44. The van der Waals surface area contributed by atoms with Gasteiger partial charge in [0, 0.05) is 11.6 Å². The van der Waals surface area contributed by atoms with E-state index in [9.17, 15) is 14.4 Å². The first-order valence-electron chi connectivity index (χ1n) is 6.17. The van der Waals surface area contributed by atoms with Crippen molar-refractivity contribution in [2.75, 3.05) is 6.54 Å². The second-order valence-corrected chi connectivity index (χ2v) is 4.73. The first-order valence-corrected chi connectivity index (χ1v) is 6.54. The van der Waals surface area contributed by atoms with Gasteiger partial charge in [-0.25, -0.2) is 4.79 Å². The number of halogens is 1. The Morgan fingerprint density at radius 3 is 2.38 bits per heavy atom. The molecule has 4 N–H and O–H groups in total. The summed E-state index contributed by atoms with van der Waals surface area (Å²) in [6.07, 6.45) is 0. The van der Waals surface area contributed by atoms with Crippen molar-refractivity contribution in [1.82, 2.24) is 16.0 Å². The van der Waals surface area contributed by atoms with Gasteiger partial charge < -0.3 is 21.1 Å². The number of aliphatic carboxylic acids is 1. The number of hydrogen-bond acceptors (Lipinski definition) is 3. The molecule has 7 nitrogen and oxygen atoms in total. The Bertz CT molecular complexity index is 519. The zero-order valence-electron chi connectivity index (χ0n) is 11.4. The molecule has 1 rings (SSSR count). The Balaban J connectivity index is 2.26. The minimum atomic E-state index is -1.14. The summed E-state index contributed by atoms with van der Waals surface area (Å²) < 4.78 is 0. The topological polar surface area (TPSA) is 108 Å². The number of amides is 3. The maximum atomic E-state index is 11.5. The standard InChI is InChI=1S/C13H16ClN3O4/c1-8(12(19)20)17-11(18)7-16-13(21)15-6-9-2-4-10(14)5-3-9/h2-5,8H,6-7H2,1H3,(H,17,18)(H,19,20)(H2,15,16,21)/t8-/m0/s1. The number of carboxylic acid groups (broad SMARTS) is 1. The number of benzene rings is 1. The van der Waals surface area contributed by atoms with Gasteiger partial charge in [-0.1, -0.05) is 23.7 Å². The molecule has 3 amide bonds. The Labute approximate surface area is 126 Å². The molecular formula is C13H16ClN3O4. The van der Waals surface area contributed by atoms with E-state index in [2.05, 4.69) is 16.0 Å². The van der Waals surface area contributed by atoms with Crippen molar-refractivity contribution < 1.29 is 19.5 Å². The van der Waals surface area contributed by atoms with E-state index < -0.39 is 23.9 Å². The van der Waals surface area contributed by atoms with Gasteiger partial charge in [-0.05, 0) is 24.6 Å². The molecule has 114 valence electrons. The normalized spacial score (nSPS) is 11.3. The van der Waals surface area contributed by atoms with Crippen LogP contribution in [0.4, 0.5) is 4.79 Å². The summed E-state index contributed by atoms with van der Waals surface area (Å²) in [5, 5.41) is 16.3. The molecule has 1 aromatic rings. The minimum Gasteiger partial charge on any atom is -0.480 e. The van der Waals surface area contributed by atoms with E-state index in [0.717, 1.165) is 5.56 Å². The van der Waals surface area contributed by atoms with Gasteiger partial charge in [0.25, 0.3) is 0 Å². The fourth-order valence-electron chi connectivity index (χ4n) is 1.36. The zero-order chi connectivity index (χ0) is 15.8. The van der Waals surface area contributed by atoms with Crippen LogP contribution < -0.4 is 16.0 Å². The lowest BCUT2D eigenvalue weighted by Gasteiger charge is -2.10. The lowest BCUT2D eigenvalue weighted by atomic mass is 10.2. The van der Waals surface area contributed by atoms with E-state index in [-0.39, 0.29) is 13.1 Å². The molecule has 0 heterocycles. The Morgan fingerprint density at radius 1 is 1.19 bits per heavy atom. The van der Waals surface area contributed by atoms with Crippen LogP contribution in [0.15, 0.2) is 24.3 Å². The molecule has 1 atom stereocenters. The summed E-state index contributed by atoms with van der Waals surface area (Å²) >= 11 is 5.74. The molecule has 0 spiro atoms. The highest BCUT2D eigenvalue weighted by Gasteiger charge is 2.14. The van der Waals surface area contributed by atoms with Crippen molar-refractivity contribution in [3.05, 3.63) is 34.9 Å². The quantitative estimate of drug-likeness (QED) is 0.621. The molecule has 0 saturated heterocycles. The third kappa shape index (κ3) is 6.62. The number of carbonyl (C=O) groups is 3. The predicted octanol–water partition coefficient (Wildman–Crippen LogP) is 0.728. The van der Waals surface area contributed by atoms with Crippen LogP contribution in [-0.4, -0.2) is 35.6 Å². The van der Waals surface area contributed by atoms with E-state index in [4.69, 9.17) is 16.7 Å². The van der Waals surface area contributed by atoms with E-state index >= 15 is 0 Å². The van der Waals surface area contributed by atoms with Gasteiger partial charge in [0.05, 0.1) is 6.54 Å². The first-order chi connectivity index (χ1) is 9.88. The van der Waals surface area contributed by atoms with Crippen LogP contribution in [0.3, 0.4) is 0 Å². The molecule has 0 saturated carbocycles. The van der Waals surface area contributed by atoms with Gasteiger partial charge in [-0.2, -0.15) is 0 Å². The number of hydrogen-bond donors (Lipinski definition) is 4. The molecule has 0 aliphatic carbocycles. The third-order valence-corrected chi connectivity index (χ3v) is 2.78. The highest BCUT2D eigenvalue weighted by Crippen LogP contribution is 2.08. The monoisotopic (exact) mass is 313 g/mol. The predicted molar refractivity (Wildman–Crippen MR) is 76.9 cm³/mol. The van der Waals surface area contributed by atoms with Crippen molar-refractivity contribution in [3.63, 3.8) is 0 Å². The summed E-state index contributed by atoms with van der Waals surface area (Å²) in [6.45, 7) is 1.32. The second kappa shape index (κ2) is 8.11. The molecule has 0 radical (unpaired) electrons. The Morgan fingerprint density at radius 2 is 1.81 bits per heavy atom. The van der Waals surface area contributed by atoms with Gasteiger partial charge in [-0.15, -0.1) is 0 Å². The van der Waals surface area contributed by atoms with Crippen LogP contribution in [0, 0.1) is 0 Å². The zero-order valence-corrected chi connectivity index (χ0v) is 12.1. The third-order valence-electron chi connectivity index (χ3n) is 2.52. The summed E-state index contributed by atoms with van der Waals surface area (Å²) in [4.78, 5) is 33.3. The van der Waals surface area contributed by atoms with Crippen LogP contribution in [0.5, 0.6) is 0 Å². The molecule has 0 unspecified atom stereocenters. The van der Waals surface area contributed by atoms with E-state index in [0.29, 0.717) is 5.02 Å². The second-order valence-electron chi connectivity index (χ2n) is 4.29. The van der Waals surface area contributed by atoms with Crippen molar-refractivity contribution in [1.29, 1.82) is 0 Å². The fraction of sp³-hybridized carbons (Fsp3) is 0.308. The van der Waals surface area contributed by atoms with E-state index in [1.165, 1.54) is 6.92 Å². The number of rotatable bonds is 6. The highest BCUT2D eigenvalue weighted by molar-refractivity contribution is 6.30. The summed E-state index contributed by atoms with van der Waals surface area (Å²) in [6, 6.07) is 5.42. The van der Waals surface area contributed by atoms with Crippen LogP contribution in [0.25, 0.3) is 0 Å². The van der Waals surface area contributed by atoms with Gasteiger partial charge in [0.2, 0.25) is 5.91 Å². The summed E-state index contributed by atoms with van der Waals surface area (Å²) in [5.41, 5.74) is 0.860. The van der Waals surface area contributed by atoms with Crippen LogP contribution in [0.1, 0.15) is 12.5 Å². The molecule has 1 aromatic carbocycles. The van der Waals surface area contributed by atoms with Gasteiger partial charge in [-0.3, -0.25) is 9.59 Å². The van der Waals surface area contributed by atoms with Crippen LogP contribution in [0.2, 0.25) is 5.02 Å². The molecular weight excluding hydrogens is 298 g/mol.